The highest BCUT2D eigenvalue weighted by atomic mass is 32.2. The van der Waals surface area contributed by atoms with E-state index in [1.165, 1.54) is 36.7 Å². The summed E-state index contributed by atoms with van der Waals surface area (Å²) in [5.74, 6) is -0.224. The molecule has 2 aliphatic rings. The molecule has 0 unspecified atom stereocenters. The van der Waals surface area contributed by atoms with E-state index >= 15 is 0 Å². The third-order valence-corrected chi connectivity index (χ3v) is 4.85. The number of hydrogen-bond donors (Lipinski definition) is 0. The lowest BCUT2D eigenvalue weighted by molar-refractivity contribution is 0.251. The molecule has 3 rings (SSSR count). The maximum atomic E-state index is 13.0. The lowest BCUT2D eigenvalue weighted by atomic mass is 9.72. The van der Waals surface area contributed by atoms with E-state index < -0.39 is 0 Å². The van der Waals surface area contributed by atoms with Gasteiger partial charge in [0.25, 0.3) is 0 Å². The van der Waals surface area contributed by atoms with Crippen LogP contribution in [0.25, 0.3) is 0 Å². The van der Waals surface area contributed by atoms with Gasteiger partial charge in [0.05, 0.1) is 6.07 Å². The van der Waals surface area contributed by atoms with Crippen molar-refractivity contribution in [1.82, 2.24) is 0 Å². The normalized spacial score (nSPS) is 23.5. The van der Waals surface area contributed by atoms with Crippen molar-refractivity contribution in [2.45, 2.75) is 35.3 Å². The summed E-state index contributed by atoms with van der Waals surface area (Å²) >= 11 is 1.53. The molecule has 0 aromatic heterocycles. The van der Waals surface area contributed by atoms with Crippen LogP contribution in [0.15, 0.2) is 29.2 Å². The van der Waals surface area contributed by atoms with E-state index in [1.807, 2.05) is 6.07 Å². The van der Waals surface area contributed by atoms with Gasteiger partial charge in [-0.3, -0.25) is 0 Å². The van der Waals surface area contributed by atoms with Gasteiger partial charge in [-0.15, -0.1) is 11.8 Å². The van der Waals surface area contributed by atoms with E-state index in [0.29, 0.717) is 5.41 Å². The first kappa shape index (κ1) is 10.2. The summed E-state index contributed by atoms with van der Waals surface area (Å²) in [6.07, 6.45) is 4.52. The van der Waals surface area contributed by atoms with Crippen molar-refractivity contribution >= 4 is 11.8 Å². The molecule has 0 aliphatic heterocycles. The van der Waals surface area contributed by atoms with Crippen LogP contribution in [-0.2, 0) is 0 Å². The molecule has 0 N–H and O–H groups in total. The van der Waals surface area contributed by atoms with Crippen LogP contribution in [-0.4, -0.2) is 4.75 Å². The minimum absolute atomic E-state index is 0.224. The van der Waals surface area contributed by atoms with Crippen molar-refractivity contribution in [3.8, 4) is 6.07 Å². The number of nitriles is 1. The van der Waals surface area contributed by atoms with Gasteiger partial charge < -0.3 is 0 Å². The van der Waals surface area contributed by atoms with Gasteiger partial charge in [-0.05, 0) is 49.3 Å². The monoisotopic (exact) mass is 233 g/mol. The fraction of sp³-hybridized carbons (Fsp3) is 0.462. The van der Waals surface area contributed by atoms with Crippen molar-refractivity contribution in [1.29, 1.82) is 5.26 Å². The molecular formula is C13H12FNS. The summed E-state index contributed by atoms with van der Waals surface area (Å²) in [5, 5.41) is 9.26. The third kappa shape index (κ3) is 1.62. The van der Waals surface area contributed by atoms with Gasteiger partial charge in [-0.1, -0.05) is 6.07 Å². The molecule has 1 nitrogen and oxygen atoms in total. The summed E-state index contributed by atoms with van der Waals surface area (Å²) in [4.78, 5) is 0.872. The topological polar surface area (TPSA) is 23.8 Å². The van der Waals surface area contributed by atoms with Gasteiger partial charge in [0.2, 0.25) is 0 Å². The van der Waals surface area contributed by atoms with E-state index in [2.05, 4.69) is 6.07 Å². The average molecular weight is 233 g/mol. The summed E-state index contributed by atoms with van der Waals surface area (Å²) in [6, 6.07) is 8.95. The molecule has 0 bridgehead atoms. The largest absolute Gasteiger partial charge is 0.207 e. The fourth-order valence-electron chi connectivity index (χ4n) is 2.62. The maximum absolute atomic E-state index is 13.0. The molecule has 0 amide bonds. The Morgan fingerprint density at radius 1 is 1.31 bits per heavy atom. The molecule has 0 atom stereocenters. The van der Waals surface area contributed by atoms with Crippen LogP contribution in [0.5, 0.6) is 0 Å². The number of hydrogen-bond acceptors (Lipinski definition) is 2. The number of rotatable bonds is 2. The Hall–Kier alpha value is -1.01. The summed E-state index contributed by atoms with van der Waals surface area (Å²) < 4.78 is 12.7. The highest BCUT2D eigenvalue weighted by molar-refractivity contribution is 8.01. The van der Waals surface area contributed by atoms with Crippen molar-refractivity contribution in [3.63, 3.8) is 0 Å². The third-order valence-electron chi connectivity index (χ3n) is 3.59. The van der Waals surface area contributed by atoms with Gasteiger partial charge in [0.1, 0.15) is 10.6 Å². The van der Waals surface area contributed by atoms with Gasteiger partial charge in [0, 0.05) is 4.90 Å². The average Bonchev–Trinajstić information content (AvgIpc) is 2.97. The molecule has 0 radical (unpaired) electrons. The predicted molar refractivity (Wildman–Crippen MR) is 61.5 cm³/mol. The second kappa shape index (κ2) is 3.24. The minimum Gasteiger partial charge on any atom is -0.207 e. The Labute approximate surface area is 98.7 Å². The van der Waals surface area contributed by atoms with Gasteiger partial charge in [-0.25, -0.2) is 4.39 Å². The van der Waals surface area contributed by atoms with E-state index in [4.69, 9.17) is 0 Å². The molecule has 1 aromatic carbocycles. The standard InChI is InChI=1S/C13H12FNS/c14-10-2-1-3-11(6-10)16-13(9-15)7-12(8-13)4-5-12/h1-3,6H,4-5,7-8H2. The lowest BCUT2D eigenvalue weighted by Gasteiger charge is -2.42. The van der Waals surface area contributed by atoms with Crippen molar-refractivity contribution in [3.05, 3.63) is 30.1 Å². The second-order valence-electron chi connectivity index (χ2n) is 5.02. The quantitative estimate of drug-likeness (QED) is 0.776. The van der Waals surface area contributed by atoms with Crippen LogP contribution in [0.2, 0.25) is 0 Å². The maximum Gasteiger partial charge on any atom is 0.124 e. The summed E-state index contributed by atoms with van der Waals surface area (Å²) in [5.41, 5.74) is 0.496. The number of halogens is 1. The SMILES string of the molecule is N#CC1(Sc2cccc(F)c2)CC2(CC2)C1. The first-order valence-electron chi connectivity index (χ1n) is 5.51. The van der Waals surface area contributed by atoms with Crippen LogP contribution in [0.3, 0.4) is 0 Å². The second-order valence-corrected chi connectivity index (χ2v) is 6.48. The molecule has 2 fully saturated rings. The first-order valence-corrected chi connectivity index (χ1v) is 6.33. The summed E-state index contributed by atoms with van der Waals surface area (Å²) in [6.45, 7) is 0. The first-order chi connectivity index (χ1) is 7.65. The molecular weight excluding hydrogens is 221 g/mol. The molecule has 0 heterocycles. The molecule has 2 aliphatic carbocycles. The van der Waals surface area contributed by atoms with E-state index in [-0.39, 0.29) is 10.6 Å². The van der Waals surface area contributed by atoms with Crippen LogP contribution in [0.1, 0.15) is 25.7 Å². The molecule has 0 saturated heterocycles. The molecule has 82 valence electrons. The van der Waals surface area contributed by atoms with Crippen LogP contribution in [0.4, 0.5) is 4.39 Å². The summed E-state index contributed by atoms with van der Waals surface area (Å²) in [7, 11) is 0. The Morgan fingerprint density at radius 3 is 2.62 bits per heavy atom. The van der Waals surface area contributed by atoms with Crippen LogP contribution >= 0.6 is 11.8 Å². The fourth-order valence-corrected chi connectivity index (χ4v) is 4.19. The van der Waals surface area contributed by atoms with E-state index in [9.17, 15) is 9.65 Å². The molecule has 1 aromatic rings. The van der Waals surface area contributed by atoms with Crippen molar-refractivity contribution in [2.24, 2.45) is 5.41 Å². The zero-order chi connectivity index (χ0) is 11.2. The predicted octanol–water partition coefficient (Wildman–Crippen LogP) is 3.75. The number of thioether (sulfide) groups is 1. The molecule has 2 saturated carbocycles. The molecule has 16 heavy (non-hydrogen) atoms. The van der Waals surface area contributed by atoms with Gasteiger partial charge in [-0.2, -0.15) is 5.26 Å². The van der Waals surface area contributed by atoms with Gasteiger partial charge in [0.15, 0.2) is 0 Å². The van der Waals surface area contributed by atoms with Crippen molar-refractivity contribution in [2.75, 3.05) is 0 Å². The highest BCUT2D eigenvalue weighted by Gasteiger charge is 2.61. The zero-order valence-electron chi connectivity index (χ0n) is 8.87. The smallest absolute Gasteiger partial charge is 0.124 e. The minimum atomic E-state index is -0.287. The molecule has 3 heteroatoms. The highest BCUT2D eigenvalue weighted by Crippen LogP contribution is 2.69. The van der Waals surface area contributed by atoms with E-state index in [1.54, 1.807) is 6.07 Å². The van der Waals surface area contributed by atoms with Gasteiger partial charge >= 0.3 is 0 Å². The molecule has 1 spiro atoms. The number of nitrogens with zero attached hydrogens (tertiary/aromatic N) is 1. The lowest BCUT2D eigenvalue weighted by Crippen LogP contribution is -2.40. The van der Waals surface area contributed by atoms with Crippen molar-refractivity contribution < 1.29 is 4.39 Å². The van der Waals surface area contributed by atoms with E-state index in [0.717, 1.165) is 17.7 Å². The Morgan fingerprint density at radius 2 is 2.06 bits per heavy atom. The Balaban J connectivity index is 1.76. The Kier molecular flexibility index (Phi) is 2.06. The number of benzene rings is 1. The zero-order valence-corrected chi connectivity index (χ0v) is 9.69. The van der Waals surface area contributed by atoms with Crippen LogP contribution in [0, 0.1) is 22.6 Å². The van der Waals surface area contributed by atoms with Crippen LogP contribution < -0.4 is 0 Å². The Bertz CT molecular complexity index is 465.